The number of hydrogen-bond donors (Lipinski definition) is 1. The van der Waals surface area contributed by atoms with E-state index in [1.54, 1.807) is 19.1 Å². The van der Waals surface area contributed by atoms with Gasteiger partial charge in [-0.2, -0.15) is 0 Å². The lowest BCUT2D eigenvalue weighted by Gasteiger charge is -2.19. The van der Waals surface area contributed by atoms with Gasteiger partial charge >= 0.3 is 0 Å². The number of pyridine rings is 1. The van der Waals surface area contributed by atoms with Crippen LogP contribution in [0.3, 0.4) is 0 Å². The van der Waals surface area contributed by atoms with E-state index in [4.69, 9.17) is 5.73 Å². The van der Waals surface area contributed by atoms with E-state index in [1.807, 2.05) is 0 Å². The quantitative estimate of drug-likeness (QED) is 0.878. The molecule has 0 saturated heterocycles. The van der Waals surface area contributed by atoms with Crippen molar-refractivity contribution < 1.29 is 12.8 Å². The second-order valence-corrected chi connectivity index (χ2v) is 6.26. The van der Waals surface area contributed by atoms with Crippen molar-refractivity contribution in [3.8, 4) is 0 Å². The molecule has 0 aliphatic carbocycles. The third-order valence-electron chi connectivity index (χ3n) is 2.97. The topological polar surface area (TPSA) is 76.3 Å². The number of nitrogens with zero attached hydrogens (tertiary/aromatic N) is 2. The van der Waals surface area contributed by atoms with E-state index in [9.17, 15) is 12.8 Å². The fraction of sp³-hybridized carbons (Fsp3) is 0.154. The van der Waals surface area contributed by atoms with Gasteiger partial charge in [0.15, 0.2) is 0 Å². The Morgan fingerprint density at radius 2 is 2.05 bits per heavy atom. The summed E-state index contributed by atoms with van der Waals surface area (Å²) in [5, 5.41) is 0. The van der Waals surface area contributed by atoms with Gasteiger partial charge in [-0.1, -0.05) is 0 Å². The van der Waals surface area contributed by atoms with Crippen molar-refractivity contribution in [1.29, 1.82) is 0 Å². The minimum absolute atomic E-state index is 0.226. The Balaban J connectivity index is 2.54. The Bertz CT molecular complexity index is 733. The number of hydrogen-bond acceptors (Lipinski definition) is 4. The Morgan fingerprint density at radius 1 is 1.35 bits per heavy atom. The smallest absolute Gasteiger partial charge is 0.267 e. The molecule has 5 nitrogen and oxygen atoms in total. The Morgan fingerprint density at radius 3 is 2.65 bits per heavy atom. The standard InChI is InChI=1S/C13H14FN3O2S/c1-9-6-11(14)13(7-12(9)15)20(18,19)17(2)10-4-3-5-16-8-10/h3-8H,15H2,1-2H3. The van der Waals surface area contributed by atoms with Gasteiger partial charge in [-0.3, -0.25) is 9.29 Å². The normalized spacial score (nSPS) is 11.3. The zero-order chi connectivity index (χ0) is 14.9. The molecule has 0 fully saturated rings. The van der Waals surface area contributed by atoms with E-state index in [0.717, 1.165) is 16.4 Å². The second kappa shape index (κ2) is 5.09. The third kappa shape index (κ3) is 2.44. The number of aromatic nitrogens is 1. The summed E-state index contributed by atoms with van der Waals surface area (Å²) in [5.41, 5.74) is 6.72. The van der Waals surface area contributed by atoms with Gasteiger partial charge in [0, 0.05) is 18.9 Å². The molecule has 1 aromatic heterocycles. The van der Waals surface area contributed by atoms with Crippen LogP contribution in [0.4, 0.5) is 15.8 Å². The van der Waals surface area contributed by atoms with Crippen LogP contribution in [0.5, 0.6) is 0 Å². The summed E-state index contributed by atoms with van der Waals surface area (Å²) < 4.78 is 39.7. The number of aryl methyl sites for hydroxylation is 1. The van der Waals surface area contributed by atoms with Crippen LogP contribution in [0.1, 0.15) is 5.56 Å². The van der Waals surface area contributed by atoms with Crippen LogP contribution in [0, 0.1) is 12.7 Å². The van der Waals surface area contributed by atoms with Gasteiger partial charge in [-0.15, -0.1) is 0 Å². The number of nitrogens with two attached hydrogens (primary N) is 1. The Kier molecular flexibility index (Phi) is 3.63. The molecule has 0 aliphatic rings. The summed E-state index contributed by atoms with van der Waals surface area (Å²) in [6.07, 6.45) is 2.90. The first kappa shape index (κ1) is 14.3. The van der Waals surface area contributed by atoms with Crippen LogP contribution in [0.25, 0.3) is 0 Å². The van der Waals surface area contributed by atoms with Crippen molar-refractivity contribution in [3.63, 3.8) is 0 Å². The molecule has 0 aliphatic heterocycles. The first-order valence-electron chi connectivity index (χ1n) is 5.78. The molecule has 0 unspecified atom stereocenters. The molecule has 0 saturated carbocycles. The van der Waals surface area contributed by atoms with Crippen LogP contribution in [0.2, 0.25) is 0 Å². The highest BCUT2D eigenvalue weighted by molar-refractivity contribution is 7.92. The molecule has 0 radical (unpaired) electrons. The summed E-state index contributed by atoms with van der Waals surface area (Å²) in [6.45, 7) is 1.61. The number of sulfonamides is 1. The summed E-state index contributed by atoms with van der Waals surface area (Å²) in [7, 11) is -2.69. The zero-order valence-electron chi connectivity index (χ0n) is 11.0. The highest BCUT2D eigenvalue weighted by Crippen LogP contribution is 2.26. The SMILES string of the molecule is Cc1cc(F)c(S(=O)(=O)N(C)c2cccnc2)cc1N. The molecule has 7 heteroatoms. The maximum absolute atomic E-state index is 13.9. The molecule has 0 amide bonds. The van der Waals surface area contributed by atoms with Gasteiger partial charge in [-0.05, 0) is 36.8 Å². The largest absolute Gasteiger partial charge is 0.398 e. The molecular formula is C13H14FN3O2S. The molecule has 0 bridgehead atoms. The van der Waals surface area contributed by atoms with Crippen molar-refractivity contribution in [1.82, 2.24) is 4.98 Å². The fourth-order valence-electron chi connectivity index (χ4n) is 1.69. The average Bonchev–Trinajstić information content (AvgIpc) is 2.42. The maximum Gasteiger partial charge on any atom is 0.267 e. The summed E-state index contributed by atoms with van der Waals surface area (Å²) >= 11 is 0. The van der Waals surface area contributed by atoms with Crippen LogP contribution < -0.4 is 10.0 Å². The van der Waals surface area contributed by atoms with Crippen molar-refractivity contribution in [2.45, 2.75) is 11.8 Å². The van der Waals surface area contributed by atoms with Crippen LogP contribution in [-0.2, 0) is 10.0 Å². The predicted octanol–water partition coefficient (Wildman–Crippen LogP) is 1.94. The van der Waals surface area contributed by atoms with Gasteiger partial charge < -0.3 is 5.73 Å². The van der Waals surface area contributed by atoms with Crippen molar-refractivity contribution in [3.05, 3.63) is 48.0 Å². The van der Waals surface area contributed by atoms with E-state index >= 15 is 0 Å². The van der Waals surface area contributed by atoms with Crippen LogP contribution in [0.15, 0.2) is 41.6 Å². The van der Waals surface area contributed by atoms with Crippen molar-refractivity contribution >= 4 is 21.4 Å². The zero-order valence-corrected chi connectivity index (χ0v) is 11.9. The van der Waals surface area contributed by atoms with Crippen LogP contribution in [-0.4, -0.2) is 20.4 Å². The highest BCUT2D eigenvalue weighted by atomic mass is 32.2. The van der Waals surface area contributed by atoms with Gasteiger partial charge in [-0.25, -0.2) is 12.8 Å². The van der Waals surface area contributed by atoms with Gasteiger partial charge in [0.25, 0.3) is 10.0 Å². The molecule has 1 heterocycles. The van der Waals surface area contributed by atoms with Crippen molar-refractivity contribution in [2.75, 3.05) is 17.1 Å². The summed E-state index contributed by atoms with van der Waals surface area (Å²) in [5.74, 6) is -0.826. The lowest BCUT2D eigenvalue weighted by Crippen LogP contribution is -2.27. The van der Waals surface area contributed by atoms with E-state index in [0.29, 0.717) is 11.3 Å². The molecule has 106 valence electrons. The number of halogens is 1. The summed E-state index contributed by atoms with van der Waals surface area (Å²) in [6, 6.07) is 5.41. The number of nitrogen functional groups attached to an aromatic ring is 1. The molecule has 0 spiro atoms. The lowest BCUT2D eigenvalue weighted by molar-refractivity contribution is 0.565. The molecular weight excluding hydrogens is 281 g/mol. The second-order valence-electron chi connectivity index (χ2n) is 4.32. The molecule has 0 atom stereocenters. The number of anilines is 2. The molecule has 2 N–H and O–H groups in total. The van der Waals surface area contributed by atoms with E-state index in [2.05, 4.69) is 4.98 Å². The lowest BCUT2D eigenvalue weighted by atomic mass is 10.2. The van der Waals surface area contributed by atoms with E-state index in [-0.39, 0.29) is 5.69 Å². The van der Waals surface area contributed by atoms with Gasteiger partial charge in [0.2, 0.25) is 0 Å². The molecule has 2 rings (SSSR count). The highest BCUT2D eigenvalue weighted by Gasteiger charge is 2.25. The van der Waals surface area contributed by atoms with E-state index in [1.165, 1.54) is 19.4 Å². The van der Waals surface area contributed by atoms with Crippen molar-refractivity contribution in [2.24, 2.45) is 0 Å². The molecule has 2 aromatic rings. The number of benzene rings is 1. The first-order chi connectivity index (χ1) is 9.34. The average molecular weight is 295 g/mol. The number of rotatable bonds is 3. The van der Waals surface area contributed by atoms with Gasteiger partial charge in [0.05, 0.1) is 11.9 Å². The van der Waals surface area contributed by atoms with Gasteiger partial charge in [0.1, 0.15) is 10.7 Å². The van der Waals surface area contributed by atoms with E-state index < -0.39 is 20.7 Å². The van der Waals surface area contributed by atoms with Crippen LogP contribution >= 0.6 is 0 Å². The maximum atomic E-state index is 13.9. The summed E-state index contributed by atoms with van der Waals surface area (Å²) in [4.78, 5) is 3.39. The first-order valence-corrected chi connectivity index (χ1v) is 7.22. The third-order valence-corrected chi connectivity index (χ3v) is 4.77. The predicted molar refractivity (Wildman–Crippen MR) is 75.4 cm³/mol. The Hall–Kier alpha value is -2.15. The molecule has 1 aromatic carbocycles. The minimum Gasteiger partial charge on any atom is -0.398 e. The molecule has 20 heavy (non-hydrogen) atoms. The monoisotopic (exact) mass is 295 g/mol. The fourth-order valence-corrected chi connectivity index (χ4v) is 2.95. The Labute approximate surface area is 116 Å². The minimum atomic E-state index is -4.02.